The second kappa shape index (κ2) is 10.2. The summed E-state index contributed by atoms with van der Waals surface area (Å²) in [5, 5.41) is 0. The van der Waals surface area contributed by atoms with Gasteiger partial charge in [-0.3, -0.25) is 4.90 Å². The van der Waals surface area contributed by atoms with Crippen molar-refractivity contribution in [1.29, 1.82) is 0 Å². The zero-order chi connectivity index (χ0) is 18.0. The van der Waals surface area contributed by atoms with Crippen LogP contribution in [-0.2, 0) is 11.3 Å². The Bertz CT molecular complexity index is 668. The summed E-state index contributed by atoms with van der Waals surface area (Å²) < 4.78 is 5.27. The molecule has 0 atom stereocenters. The van der Waals surface area contributed by atoms with Crippen LogP contribution in [0.3, 0.4) is 0 Å². The molecule has 1 aliphatic heterocycles. The third-order valence-corrected chi connectivity index (χ3v) is 4.30. The van der Waals surface area contributed by atoms with Crippen LogP contribution in [0.4, 0.5) is 0 Å². The van der Waals surface area contributed by atoms with Crippen LogP contribution in [0.1, 0.15) is 22.9 Å². The maximum atomic E-state index is 5.27. The normalized spacial score (nSPS) is 15.3. The predicted molar refractivity (Wildman–Crippen MR) is 104 cm³/mol. The number of methoxy groups -OCH3 is 1. The molecule has 0 bridgehead atoms. The molecule has 1 saturated heterocycles. The van der Waals surface area contributed by atoms with Crippen molar-refractivity contribution in [1.82, 2.24) is 26.8 Å². The van der Waals surface area contributed by atoms with Gasteiger partial charge in [-0.15, -0.1) is 0 Å². The molecule has 0 radical (unpaired) electrons. The van der Waals surface area contributed by atoms with E-state index in [2.05, 4.69) is 87.5 Å². The van der Waals surface area contributed by atoms with Crippen molar-refractivity contribution < 1.29 is 4.74 Å². The first-order chi connectivity index (χ1) is 12.8. The summed E-state index contributed by atoms with van der Waals surface area (Å²) in [6.45, 7) is 3.41. The van der Waals surface area contributed by atoms with E-state index in [9.17, 15) is 0 Å². The molecule has 3 rings (SSSR count). The summed E-state index contributed by atoms with van der Waals surface area (Å²) in [6, 6.07) is 19.0. The average molecular weight is 353 g/mol. The fourth-order valence-corrected chi connectivity index (χ4v) is 2.85. The van der Waals surface area contributed by atoms with Gasteiger partial charge < -0.3 is 4.74 Å². The van der Waals surface area contributed by atoms with E-state index in [1.54, 1.807) is 7.11 Å². The maximum absolute atomic E-state index is 5.27. The van der Waals surface area contributed by atoms with Crippen LogP contribution in [0.15, 0.2) is 60.7 Å². The van der Waals surface area contributed by atoms with Crippen LogP contribution in [-0.4, -0.2) is 31.7 Å². The van der Waals surface area contributed by atoms with Crippen molar-refractivity contribution in [3.63, 3.8) is 0 Å². The molecule has 6 nitrogen and oxygen atoms in total. The molecule has 0 unspecified atom stereocenters. The van der Waals surface area contributed by atoms with E-state index >= 15 is 0 Å². The van der Waals surface area contributed by atoms with Crippen LogP contribution >= 0.6 is 0 Å². The average Bonchev–Trinajstić information content (AvgIpc) is 3.22. The van der Waals surface area contributed by atoms with Crippen molar-refractivity contribution in [2.45, 2.75) is 12.7 Å². The standard InChI is InChI=1S/C20H27N5O/c1-26-15-14-25(13-5-8-17-6-3-2-4-7-17)16-18-9-11-19(12-10-18)20-21-23-24-22-20/h2-12,20-24H,13-16H2,1H3/b8-5+. The van der Waals surface area contributed by atoms with Gasteiger partial charge in [0, 0.05) is 26.7 Å². The van der Waals surface area contributed by atoms with E-state index in [1.165, 1.54) is 16.7 Å². The van der Waals surface area contributed by atoms with Crippen LogP contribution < -0.4 is 21.9 Å². The number of rotatable bonds is 9. The second-order valence-corrected chi connectivity index (χ2v) is 6.25. The van der Waals surface area contributed by atoms with Crippen LogP contribution in [0.25, 0.3) is 6.08 Å². The molecular weight excluding hydrogens is 326 g/mol. The van der Waals surface area contributed by atoms with Crippen molar-refractivity contribution in [2.75, 3.05) is 26.8 Å². The van der Waals surface area contributed by atoms with E-state index in [-0.39, 0.29) is 6.17 Å². The topological polar surface area (TPSA) is 60.6 Å². The Hall–Kier alpha value is -2.06. The highest BCUT2D eigenvalue weighted by molar-refractivity contribution is 5.48. The second-order valence-electron chi connectivity index (χ2n) is 6.25. The third-order valence-electron chi connectivity index (χ3n) is 4.30. The Morgan fingerprint density at radius 2 is 1.73 bits per heavy atom. The fraction of sp³-hybridized carbons (Fsp3) is 0.300. The molecular formula is C20H27N5O. The van der Waals surface area contributed by atoms with Gasteiger partial charge in [-0.05, 0) is 16.7 Å². The minimum atomic E-state index is 0.0717. The van der Waals surface area contributed by atoms with E-state index in [0.717, 1.165) is 26.2 Å². The minimum absolute atomic E-state index is 0.0717. The molecule has 138 valence electrons. The lowest BCUT2D eigenvalue weighted by atomic mass is 10.1. The first-order valence-corrected chi connectivity index (χ1v) is 8.88. The van der Waals surface area contributed by atoms with Crippen LogP contribution in [0.5, 0.6) is 0 Å². The highest BCUT2D eigenvalue weighted by Gasteiger charge is 2.14. The molecule has 0 saturated carbocycles. The van der Waals surface area contributed by atoms with E-state index in [1.807, 2.05) is 6.07 Å². The molecule has 1 aliphatic rings. The number of hydrogen-bond donors (Lipinski definition) is 4. The maximum Gasteiger partial charge on any atom is 0.111 e. The van der Waals surface area contributed by atoms with Crippen LogP contribution in [0.2, 0.25) is 0 Å². The first-order valence-electron chi connectivity index (χ1n) is 8.88. The Balaban J connectivity index is 1.57. The number of benzene rings is 2. The molecule has 2 aromatic rings. The number of nitrogens with zero attached hydrogens (tertiary/aromatic N) is 1. The van der Waals surface area contributed by atoms with Crippen molar-refractivity contribution in [3.05, 3.63) is 77.4 Å². The third kappa shape index (κ3) is 5.74. The van der Waals surface area contributed by atoms with Gasteiger partial charge in [0.15, 0.2) is 0 Å². The lowest BCUT2D eigenvalue weighted by Gasteiger charge is -2.21. The quantitative estimate of drug-likeness (QED) is 0.553. The van der Waals surface area contributed by atoms with E-state index < -0.39 is 0 Å². The zero-order valence-corrected chi connectivity index (χ0v) is 15.1. The fourth-order valence-electron chi connectivity index (χ4n) is 2.85. The van der Waals surface area contributed by atoms with Gasteiger partial charge in [0.2, 0.25) is 0 Å². The van der Waals surface area contributed by atoms with Gasteiger partial charge >= 0.3 is 0 Å². The lowest BCUT2D eigenvalue weighted by molar-refractivity contribution is 0.151. The summed E-state index contributed by atoms with van der Waals surface area (Å²) in [6.07, 6.45) is 4.45. The molecule has 1 fully saturated rings. The molecule has 0 amide bonds. The summed E-state index contributed by atoms with van der Waals surface area (Å²) in [7, 11) is 1.75. The summed E-state index contributed by atoms with van der Waals surface area (Å²) in [5.74, 6) is 0. The number of nitrogens with one attached hydrogen (secondary N) is 4. The van der Waals surface area contributed by atoms with E-state index in [0.29, 0.717) is 0 Å². The highest BCUT2D eigenvalue weighted by Crippen LogP contribution is 2.13. The predicted octanol–water partition coefficient (Wildman–Crippen LogP) is 1.96. The molecule has 2 aromatic carbocycles. The number of ether oxygens (including phenoxy) is 1. The van der Waals surface area contributed by atoms with Crippen molar-refractivity contribution >= 4 is 6.08 Å². The zero-order valence-electron chi connectivity index (χ0n) is 15.1. The summed E-state index contributed by atoms with van der Waals surface area (Å²) in [5.41, 5.74) is 15.6. The molecule has 4 N–H and O–H groups in total. The molecule has 0 aliphatic carbocycles. The van der Waals surface area contributed by atoms with Crippen molar-refractivity contribution in [3.8, 4) is 0 Å². The van der Waals surface area contributed by atoms with Gasteiger partial charge in [-0.2, -0.15) is 11.1 Å². The van der Waals surface area contributed by atoms with Crippen molar-refractivity contribution in [2.24, 2.45) is 0 Å². The monoisotopic (exact) mass is 353 g/mol. The van der Waals surface area contributed by atoms with Gasteiger partial charge in [0.05, 0.1) is 6.61 Å². The Kier molecular flexibility index (Phi) is 7.33. The van der Waals surface area contributed by atoms with Crippen LogP contribution in [0, 0.1) is 0 Å². The summed E-state index contributed by atoms with van der Waals surface area (Å²) >= 11 is 0. The molecule has 0 spiro atoms. The summed E-state index contributed by atoms with van der Waals surface area (Å²) in [4.78, 5) is 2.38. The van der Waals surface area contributed by atoms with Gasteiger partial charge in [-0.1, -0.05) is 66.7 Å². The largest absolute Gasteiger partial charge is 0.383 e. The van der Waals surface area contributed by atoms with Gasteiger partial charge in [0.25, 0.3) is 0 Å². The Morgan fingerprint density at radius 1 is 1.00 bits per heavy atom. The molecule has 1 heterocycles. The Labute approximate surface area is 155 Å². The molecule has 26 heavy (non-hydrogen) atoms. The highest BCUT2D eigenvalue weighted by atomic mass is 16.5. The SMILES string of the molecule is COCCN(C/C=C/c1ccccc1)Cc1ccc(C2NNNN2)cc1. The minimum Gasteiger partial charge on any atom is -0.383 e. The van der Waals surface area contributed by atoms with Gasteiger partial charge in [-0.25, -0.2) is 10.9 Å². The van der Waals surface area contributed by atoms with Gasteiger partial charge in [0.1, 0.15) is 6.17 Å². The Morgan fingerprint density at radius 3 is 2.42 bits per heavy atom. The smallest absolute Gasteiger partial charge is 0.111 e. The number of hydrogen-bond acceptors (Lipinski definition) is 6. The lowest BCUT2D eigenvalue weighted by Crippen LogP contribution is -2.33. The number of hydrazine groups is 3. The molecule has 6 heteroatoms. The van der Waals surface area contributed by atoms with E-state index in [4.69, 9.17) is 4.74 Å². The first kappa shape index (κ1) is 18.7. The molecule has 0 aromatic heterocycles.